The summed E-state index contributed by atoms with van der Waals surface area (Å²) in [4.78, 5) is 26.2. The second kappa shape index (κ2) is 7.03. The third-order valence-corrected chi connectivity index (χ3v) is 5.91. The number of benzene rings is 1. The van der Waals surface area contributed by atoms with Crippen LogP contribution in [-0.2, 0) is 12.8 Å². The second-order valence-corrected chi connectivity index (χ2v) is 7.93. The monoisotopic (exact) mass is 410 g/mol. The van der Waals surface area contributed by atoms with Gasteiger partial charge in [0.15, 0.2) is 0 Å². The summed E-state index contributed by atoms with van der Waals surface area (Å²) in [7, 11) is 0. The van der Waals surface area contributed by atoms with E-state index < -0.39 is 11.7 Å². The van der Waals surface area contributed by atoms with Gasteiger partial charge in [-0.2, -0.15) is 0 Å². The maximum atomic E-state index is 13.1. The third kappa shape index (κ3) is 3.67. The molecule has 1 heterocycles. The Bertz CT molecular complexity index is 806. The lowest BCUT2D eigenvalue weighted by Gasteiger charge is -2.16. The highest BCUT2D eigenvalue weighted by Gasteiger charge is 2.21. The summed E-state index contributed by atoms with van der Waals surface area (Å²) in [6, 6.07) is 5.65. The highest BCUT2D eigenvalue weighted by Crippen LogP contribution is 2.32. The summed E-state index contributed by atoms with van der Waals surface area (Å²) in [5.74, 6) is -0.654. The number of carbonyl (C=O) groups is 2. The average Bonchev–Trinajstić information content (AvgIpc) is 2.95. The van der Waals surface area contributed by atoms with E-state index in [-0.39, 0.29) is 11.5 Å². The molecule has 1 aliphatic carbocycles. The van der Waals surface area contributed by atoms with Gasteiger partial charge >= 0.3 is 0 Å². The molecule has 24 heavy (non-hydrogen) atoms. The maximum absolute atomic E-state index is 13.1. The van der Waals surface area contributed by atoms with Crippen LogP contribution in [0.25, 0.3) is 0 Å². The molecular formula is C17H16BrFN2O2S. The molecule has 0 saturated carbocycles. The smallest absolute Gasteiger partial charge is 0.267 e. The zero-order chi connectivity index (χ0) is 17.3. The molecule has 7 heteroatoms. The minimum Gasteiger partial charge on any atom is -0.267 e. The molecule has 0 spiro atoms. The van der Waals surface area contributed by atoms with E-state index in [0.717, 1.165) is 19.3 Å². The van der Waals surface area contributed by atoms with Crippen molar-refractivity contribution >= 4 is 39.1 Å². The molecule has 1 aliphatic rings. The van der Waals surface area contributed by atoms with Crippen molar-refractivity contribution in [2.24, 2.45) is 5.92 Å². The molecule has 3 rings (SSSR count). The zero-order valence-electron chi connectivity index (χ0n) is 13.0. The van der Waals surface area contributed by atoms with Gasteiger partial charge in [0.25, 0.3) is 11.8 Å². The van der Waals surface area contributed by atoms with E-state index in [1.807, 2.05) is 6.07 Å². The number of amides is 2. The predicted octanol–water partition coefficient (Wildman–Crippen LogP) is 3.85. The van der Waals surface area contributed by atoms with Crippen molar-refractivity contribution in [2.75, 3.05) is 0 Å². The van der Waals surface area contributed by atoms with Crippen molar-refractivity contribution in [2.45, 2.75) is 26.2 Å². The predicted molar refractivity (Wildman–Crippen MR) is 94.5 cm³/mol. The normalized spacial score (nSPS) is 16.4. The SMILES string of the molecule is C[C@H]1CCc2sc(C(=O)NNC(=O)c3ccc(F)cc3Br)cc2C1. The molecule has 0 unspecified atom stereocenters. The van der Waals surface area contributed by atoms with Crippen LogP contribution in [0.2, 0.25) is 0 Å². The molecule has 2 amide bonds. The summed E-state index contributed by atoms with van der Waals surface area (Å²) in [5, 5.41) is 0. The Morgan fingerprint density at radius 3 is 2.75 bits per heavy atom. The summed E-state index contributed by atoms with van der Waals surface area (Å²) in [5.41, 5.74) is 6.26. The van der Waals surface area contributed by atoms with Gasteiger partial charge in [0.05, 0.1) is 10.4 Å². The van der Waals surface area contributed by atoms with Crippen molar-refractivity contribution in [3.05, 3.63) is 55.4 Å². The van der Waals surface area contributed by atoms with Crippen LogP contribution in [0.1, 0.15) is 43.8 Å². The topological polar surface area (TPSA) is 58.2 Å². The summed E-state index contributed by atoms with van der Waals surface area (Å²) < 4.78 is 13.4. The van der Waals surface area contributed by atoms with Gasteiger partial charge in [-0.1, -0.05) is 6.92 Å². The van der Waals surface area contributed by atoms with Gasteiger partial charge < -0.3 is 0 Å². The molecule has 0 radical (unpaired) electrons. The maximum Gasteiger partial charge on any atom is 0.279 e. The number of aryl methyl sites for hydroxylation is 1. The van der Waals surface area contributed by atoms with E-state index in [0.29, 0.717) is 15.3 Å². The third-order valence-electron chi connectivity index (χ3n) is 4.02. The van der Waals surface area contributed by atoms with Crippen molar-refractivity contribution in [1.29, 1.82) is 0 Å². The van der Waals surface area contributed by atoms with Crippen molar-refractivity contribution in [1.82, 2.24) is 10.9 Å². The molecule has 4 nitrogen and oxygen atoms in total. The first kappa shape index (κ1) is 17.1. The van der Waals surface area contributed by atoms with Crippen LogP contribution in [-0.4, -0.2) is 11.8 Å². The summed E-state index contributed by atoms with van der Waals surface area (Å²) in [6.45, 7) is 2.21. The number of halogens is 2. The fraction of sp³-hybridized carbons (Fsp3) is 0.294. The van der Waals surface area contributed by atoms with Gasteiger partial charge in [0, 0.05) is 9.35 Å². The average molecular weight is 411 g/mol. The van der Waals surface area contributed by atoms with Crippen LogP contribution in [0.5, 0.6) is 0 Å². The van der Waals surface area contributed by atoms with Crippen molar-refractivity contribution in [3.8, 4) is 0 Å². The molecule has 126 valence electrons. The Hall–Kier alpha value is -1.73. The summed E-state index contributed by atoms with van der Waals surface area (Å²) >= 11 is 4.61. The van der Waals surface area contributed by atoms with E-state index in [9.17, 15) is 14.0 Å². The quantitative estimate of drug-likeness (QED) is 0.738. The number of hydrazine groups is 1. The first-order valence-corrected chi connectivity index (χ1v) is 9.22. The molecule has 0 fully saturated rings. The Morgan fingerprint density at radius 2 is 2.00 bits per heavy atom. The largest absolute Gasteiger partial charge is 0.279 e. The van der Waals surface area contributed by atoms with Gasteiger partial charge in [0.2, 0.25) is 0 Å². The molecular weight excluding hydrogens is 395 g/mol. The Balaban J connectivity index is 1.64. The minimum absolute atomic E-state index is 0.246. The minimum atomic E-state index is -0.509. The fourth-order valence-corrected chi connectivity index (χ4v) is 4.37. The van der Waals surface area contributed by atoms with E-state index in [1.54, 1.807) is 0 Å². The molecule has 0 aliphatic heterocycles. The van der Waals surface area contributed by atoms with Crippen LogP contribution in [0.3, 0.4) is 0 Å². The van der Waals surface area contributed by atoms with Crippen LogP contribution < -0.4 is 10.9 Å². The lowest BCUT2D eigenvalue weighted by molar-refractivity contribution is 0.0848. The van der Waals surface area contributed by atoms with E-state index >= 15 is 0 Å². The van der Waals surface area contributed by atoms with Crippen molar-refractivity contribution in [3.63, 3.8) is 0 Å². The molecule has 2 N–H and O–H groups in total. The van der Waals surface area contributed by atoms with Gasteiger partial charge in [-0.05, 0) is 70.9 Å². The number of carbonyl (C=O) groups excluding carboxylic acids is 2. The number of hydrogen-bond acceptors (Lipinski definition) is 3. The van der Waals surface area contributed by atoms with Crippen molar-refractivity contribution < 1.29 is 14.0 Å². The number of rotatable bonds is 2. The molecule has 1 atom stereocenters. The molecule has 0 bridgehead atoms. The molecule has 2 aromatic rings. The second-order valence-electron chi connectivity index (χ2n) is 5.94. The summed E-state index contributed by atoms with van der Waals surface area (Å²) in [6.07, 6.45) is 3.14. The van der Waals surface area contributed by atoms with Gasteiger partial charge in [-0.3, -0.25) is 20.4 Å². The number of nitrogens with one attached hydrogen (secondary N) is 2. The number of thiophene rings is 1. The first-order chi connectivity index (χ1) is 11.4. The number of fused-ring (bicyclic) bond motifs is 1. The first-order valence-electron chi connectivity index (χ1n) is 7.61. The van der Waals surface area contributed by atoms with Crippen LogP contribution >= 0.6 is 27.3 Å². The van der Waals surface area contributed by atoms with Crippen LogP contribution in [0, 0.1) is 11.7 Å². The lowest BCUT2D eigenvalue weighted by atomic mass is 9.90. The molecule has 1 aromatic heterocycles. The highest BCUT2D eigenvalue weighted by molar-refractivity contribution is 9.10. The Kier molecular flexibility index (Phi) is 5.01. The van der Waals surface area contributed by atoms with E-state index in [4.69, 9.17) is 0 Å². The lowest BCUT2D eigenvalue weighted by Crippen LogP contribution is -2.41. The van der Waals surface area contributed by atoms with E-state index in [2.05, 4.69) is 33.7 Å². The van der Waals surface area contributed by atoms with Gasteiger partial charge in [0.1, 0.15) is 5.82 Å². The Labute approximate surface area is 151 Å². The highest BCUT2D eigenvalue weighted by atomic mass is 79.9. The standard InChI is InChI=1S/C17H16BrFN2O2S/c1-9-2-5-14-10(6-9)7-15(24-14)17(23)21-20-16(22)12-4-3-11(19)8-13(12)18/h3-4,7-9H,2,5-6H2,1H3,(H,20,22)(H,21,23)/t9-/m0/s1. The van der Waals surface area contributed by atoms with Crippen LogP contribution in [0.15, 0.2) is 28.7 Å². The zero-order valence-corrected chi connectivity index (χ0v) is 15.4. The fourth-order valence-electron chi connectivity index (χ4n) is 2.73. The van der Waals surface area contributed by atoms with Crippen LogP contribution in [0.4, 0.5) is 4.39 Å². The Morgan fingerprint density at radius 1 is 1.25 bits per heavy atom. The van der Waals surface area contributed by atoms with Gasteiger partial charge in [-0.25, -0.2) is 4.39 Å². The molecule has 1 aromatic carbocycles. The molecule has 0 saturated heterocycles. The van der Waals surface area contributed by atoms with E-state index in [1.165, 1.54) is 40.0 Å². The number of hydrogen-bond donors (Lipinski definition) is 2. The van der Waals surface area contributed by atoms with Gasteiger partial charge in [-0.15, -0.1) is 11.3 Å².